The molecule has 0 saturated carbocycles. The Hall–Kier alpha value is -3.21. The average Bonchev–Trinajstić information content (AvgIpc) is 2.97. The topological polar surface area (TPSA) is 35.5 Å². The quantitative estimate of drug-likeness (QED) is 0.0898. The van der Waals surface area contributed by atoms with Gasteiger partial charge in [-0.1, -0.05) is 102 Å². The fraction of sp³-hybridized carbons (Fsp3) is 0.457. The second-order valence-corrected chi connectivity index (χ2v) is 10.5. The lowest BCUT2D eigenvalue weighted by Crippen LogP contribution is -2.08. The maximum absolute atomic E-state index is 14.8. The fourth-order valence-electron chi connectivity index (χ4n) is 4.72. The molecule has 3 aromatic rings. The number of benzene rings is 3. The van der Waals surface area contributed by atoms with E-state index in [1.54, 1.807) is 24.3 Å². The molecule has 0 N–H and O–H groups in total. The second-order valence-electron chi connectivity index (χ2n) is 10.5. The van der Waals surface area contributed by atoms with Crippen LogP contribution in [0.1, 0.15) is 107 Å². The van der Waals surface area contributed by atoms with Crippen molar-refractivity contribution in [3.63, 3.8) is 0 Å². The van der Waals surface area contributed by atoms with Gasteiger partial charge in [0.2, 0.25) is 5.82 Å². The highest BCUT2D eigenvalue weighted by molar-refractivity contribution is 5.91. The zero-order valence-corrected chi connectivity index (χ0v) is 24.2. The average molecular weight is 551 g/mol. The number of esters is 1. The number of carbonyl (C=O) groups is 1. The van der Waals surface area contributed by atoms with Gasteiger partial charge in [0.05, 0.1) is 12.2 Å². The number of hydrogen-bond donors (Lipinski definition) is 0. The van der Waals surface area contributed by atoms with E-state index in [1.807, 2.05) is 24.3 Å². The van der Waals surface area contributed by atoms with Crippen molar-refractivity contribution in [2.75, 3.05) is 6.61 Å². The summed E-state index contributed by atoms with van der Waals surface area (Å²) in [5.74, 6) is -2.05. The first-order valence-electron chi connectivity index (χ1n) is 15.1. The van der Waals surface area contributed by atoms with Gasteiger partial charge in [-0.25, -0.2) is 9.18 Å². The summed E-state index contributed by atoms with van der Waals surface area (Å²) in [6, 6.07) is 16.9. The predicted octanol–water partition coefficient (Wildman–Crippen LogP) is 10.5. The Morgan fingerprint density at radius 3 is 1.90 bits per heavy atom. The molecule has 40 heavy (non-hydrogen) atoms. The van der Waals surface area contributed by atoms with Gasteiger partial charge in [0.1, 0.15) is 5.75 Å². The Morgan fingerprint density at radius 1 is 0.650 bits per heavy atom. The van der Waals surface area contributed by atoms with Crippen LogP contribution in [0.25, 0.3) is 11.1 Å². The number of ether oxygens (including phenoxy) is 2. The summed E-state index contributed by atoms with van der Waals surface area (Å²) in [7, 11) is 0. The Balaban J connectivity index is 1.50. The molecular weight excluding hydrogens is 506 g/mol. The van der Waals surface area contributed by atoms with Crippen LogP contribution < -0.4 is 9.47 Å². The summed E-state index contributed by atoms with van der Waals surface area (Å²) < 4.78 is 40.5. The zero-order chi connectivity index (χ0) is 28.6. The third-order valence-electron chi connectivity index (χ3n) is 7.19. The summed E-state index contributed by atoms with van der Waals surface area (Å²) in [4.78, 5) is 12.6. The van der Waals surface area contributed by atoms with Crippen LogP contribution in [-0.4, -0.2) is 12.6 Å². The number of rotatable bonds is 18. The number of unbranched alkanes of at least 4 members (excludes halogenated alkanes) is 10. The second kappa shape index (κ2) is 17.5. The Bertz CT molecular complexity index is 1160. The summed E-state index contributed by atoms with van der Waals surface area (Å²) >= 11 is 0. The van der Waals surface area contributed by atoms with Gasteiger partial charge in [-0.05, 0) is 66.8 Å². The molecule has 0 fully saturated rings. The maximum Gasteiger partial charge on any atom is 0.343 e. The lowest BCUT2D eigenvalue weighted by atomic mass is 10.0. The van der Waals surface area contributed by atoms with Gasteiger partial charge in [0.15, 0.2) is 11.6 Å². The van der Waals surface area contributed by atoms with Crippen LogP contribution >= 0.6 is 0 Å². The molecule has 0 saturated heterocycles. The van der Waals surface area contributed by atoms with Gasteiger partial charge in [-0.2, -0.15) is 4.39 Å². The van der Waals surface area contributed by atoms with Gasteiger partial charge < -0.3 is 9.47 Å². The van der Waals surface area contributed by atoms with Crippen molar-refractivity contribution in [1.82, 2.24) is 0 Å². The van der Waals surface area contributed by atoms with Gasteiger partial charge in [0, 0.05) is 5.56 Å². The first kappa shape index (κ1) is 31.3. The van der Waals surface area contributed by atoms with Crippen molar-refractivity contribution in [3.8, 4) is 22.6 Å². The van der Waals surface area contributed by atoms with E-state index in [4.69, 9.17) is 9.47 Å². The van der Waals surface area contributed by atoms with E-state index in [2.05, 4.69) is 13.8 Å². The molecule has 0 radical (unpaired) electrons. The Kier molecular flexibility index (Phi) is 13.7. The summed E-state index contributed by atoms with van der Waals surface area (Å²) in [5, 5.41) is 0. The minimum absolute atomic E-state index is 0.0759. The minimum Gasteiger partial charge on any atom is -0.490 e. The normalized spacial score (nSPS) is 11.0. The molecule has 0 aliphatic carbocycles. The van der Waals surface area contributed by atoms with Crippen LogP contribution in [0.2, 0.25) is 0 Å². The highest BCUT2D eigenvalue weighted by Crippen LogP contribution is 2.30. The van der Waals surface area contributed by atoms with Gasteiger partial charge in [-0.3, -0.25) is 0 Å². The molecule has 0 bridgehead atoms. The molecule has 0 amide bonds. The molecule has 3 aromatic carbocycles. The molecule has 5 heteroatoms. The summed E-state index contributed by atoms with van der Waals surface area (Å²) in [6.07, 6.45) is 15.1. The molecule has 0 unspecified atom stereocenters. The molecule has 0 aliphatic rings. The number of halogens is 2. The fourth-order valence-corrected chi connectivity index (χ4v) is 4.72. The first-order chi connectivity index (χ1) is 19.5. The van der Waals surface area contributed by atoms with Crippen LogP contribution in [0.5, 0.6) is 11.5 Å². The van der Waals surface area contributed by atoms with E-state index in [0.29, 0.717) is 23.5 Å². The van der Waals surface area contributed by atoms with Crippen molar-refractivity contribution < 1.29 is 23.0 Å². The van der Waals surface area contributed by atoms with Crippen molar-refractivity contribution in [1.29, 1.82) is 0 Å². The molecule has 0 aliphatic heterocycles. The van der Waals surface area contributed by atoms with E-state index in [-0.39, 0.29) is 11.3 Å². The van der Waals surface area contributed by atoms with Crippen LogP contribution in [0.4, 0.5) is 8.78 Å². The molecule has 216 valence electrons. The highest BCUT2D eigenvalue weighted by Gasteiger charge is 2.17. The van der Waals surface area contributed by atoms with E-state index in [9.17, 15) is 13.6 Å². The molecular formula is C35H44F2O3. The van der Waals surface area contributed by atoms with E-state index in [1.165, 1.54) is 69.1 Å². The SMILES string of the molecule is CCCCCCCCOc1ccc(-c2ccc(C(=O)Oc3ccc(CCCCCCCC)cc3)cc2)c(F)c1F. The number of carbonyl (C=O) groups excluding carboxylic acids is 1. The molecule has 0 aromatic heterocycles. The van der Waals surface area contributed by atoms with E-state index >= 15 is 0 Å². The van der Waals surface area contributed by atoms with Crippen molar-refractivity contribution in [2.24, 2.45) is 0 Å². The smallest absolute Gasteiger partial charge is 0.343 e. The number of aryl methyl sites for hydroxylation is 1. The third kappa shape index (κ3) is 10.1. The van der Waals surface area contributed by atoms with Crippen molar-refractivity contribution >= 4 is 5.97 Å². The first-order valence-corrected chi connectivity index (χ1v) is 15.1. The zero-order valence-electron chi connectivity index (χ0n) is 24.2. The van der Waals surface area contributed by atoms with Gasteiger partial charge in [0.25, 0.3) is 0 Å². The summed E-state index contributed by atoms with van der Waals surface area (Å²) in [6.45, 7) is 4.75. The molecule has 0 spiro atoms. The molecule has 0 heterocycles. The monoisotopic (exact) mass is 550 g/mol. The lowest BCUT2D eigenvalue weighted by molar-refractivity contribution is 0.0734. The standard InChI is InChI=1S/C35H44F2O3/c1-3-5-7-9-11-13-15-27-16-22-30(23-17-27)40-35(38)29-20-18-28(19-21-29)31-24-25-32(34(37)33(31)36)39-26-14-12-10-8-6-4-2/h16-25H,3-15,26H2,1-2H3. The Labute approximate surface area is 238 Å². The van der Waals surface area contributed by atoms with Crippen molar-refractivity contribution in [2.45, 2.75) is 97.3 Å². The van der Waals surface area contributed by atoms with Crippen LogP contribution in [0.3, 0.4) is 0 Å². The lowest BCUT2D eigenvalue weighted by Gasteiger charge is -2.11. The minimum atomic E-state index is -0.994. The predicted molar refractivity (Wildman–Crippen MR) is 159 cm³/mol. The van der Waals surface area contributed by atoms with E-state index < -0.39 is 17.6 Å². The molecule has 3 nitrogen and oxygen atoms in total. The van der Waals surface area contributed by atoms with Crippen LogP contribution in [0.15, 0.2) is 60.7 Å². The van der Waals surface area contributed by atoms with Crippen LogP contribution in [-0.2, 0) is 6.42 Å². The molecule has 0 atom stereocenters. The number of hydrogen-bond acceptors (Lipinski definition) is 3. The highest BCUT2D eigenvalue weighted by atomic mass is 19.2. The van der Waals surface area contributed by atoms with Gasteiger partial charge in [-0.15, -0.1) is 0 Å². The third-order valence-corrected chi connectivity index (χ3v) is 7.19. The molecule has 3 rings (SSSR count). The van der Waals surface area contributed by atoms with Gasteiger partial charge >= 0.3 is 5.97 Å². The van der Waals surface area contributed by atoms with E-state index in [0.717, 1.165) is 32.1 Å². The van der Waals surface area contributed by atoms with Crippen LogP contribution in [0, 0.1) is 11.6 Å². The maximum atomic E-state index is 14.8. The largest absolute Gasteiger partial charge is 0.490 e. The van der Waals surface area contributed by atoms with Crippen molar-refractivity contribution in [3.05, 3.63) is 83.4 Å². The Morgan fingerprint density at radius 2 is 1.25 bits per heavy atom. The summed E-state index contributed by atoms with van der Waals surface area (Å²) in [5.41, 5.74) is 2.15.